The van der Waals surface area contributed by atoms with E-state index in [2.05, 4.69) is 12.6 Å². The van der Waals surface area contributed by atoms with Crippen molar-refractivity contribution in [1.82, 2.24) is 0 Å². The Labute approximate surface area is 103 Å². The maximum atomic E-state index is 11.0. The van der Waals surface area contributed by atoms with Gasteiger partial charge in [-0.3, -0.25) is 10.1 Å². The minimum Gasteiger partial charge on any atom is -0.612 e. The molecule has 0 fully saturated rings. The van der Waals surface area contributed by atoms with E-state index in [1.54, 1.807) is 6.07 Å². The molecule has 14 heavy (non-hydrogen) atoms. The molecule has 1 unspecified atom stereocenters. The second kappa shape index (κ2) is 5.70. The molecule has 0 amide bonds. The van der Waals surface area contributed by atoms with Crippen LogP contribution in [-0.4, -0.2) is 15.7 Å². The Kier molecular flexibility index (Phi) is 5.66. The van der Waals surface area contributed by atoms with Crippen molar-refractivity contribution >= 4 is 29.5 Å². The number of hydrogen-bond acceptors (Lipinski definition) is 4. The molecule has 0 aromatic heterocycles. The molecule has 0 radical (unpaired) electrons. The van der Waals surface area contributed by atoms with E-state index in [1.807, 2.05) is 0 Å². The number of nitro benzene ring substituents is 1. The molecule has 0 saturated carbocycles. The maximum absolute atomic E-state index is 11.0. The van der Waals surface area contributed by atoms with Crippen LogP contribution < -0.4 is 0 Å². The molecule has 1 atom stereocenters. The second-order valence-electron chi connectivity index (χ2n) is 2.36. The number of hydrogen-bond donors (Lipinski definition) is 1. The summed E-state index contributed by atoms with van der Waals surface area (Å²) < 4.78 is 11.0. The Morgan fingerprint density at radius 1 is 1.50 bits per heavy atom. The monoisotopic (exact) mass is 281 g/mol. The van der Waals surface area contributed by atoms with E-state index in [0.717, 1.165) is 0 Å². The average Bonchev–Trinajstić information content (AvgIpc) is 2.04. The van der Waals surface area contributed by atoms with Crippen molar-refractivity contribution in [2.45, 2.75) is 9.79 Å². The fourth-order valence-electron chi connectivity index (χ4n) is 0.828. The first-order chi connectivity index (χ1) is 6.02. The van der Waals surface area contributed by atoms with Crippen LogP contribution in [0.5, 0.6) is 0 Å². The molecule has 1 aromatic rings. The Hall–Kier alpha value is -0.0966. The first kappa shape index (κ1) is 13.9. The summed E-state index contributed by atoms with van der Waals surface area (Å²) in [6.45, 7) is 0. The molecule has 4 nitrogen and oxygen atoms in total. The van der Waals surface area contributed by atoms with Gasteiger partial charge in [-0.15, -0.1) is 12.6 Å². The van der Waals surface area contributed by atoms with Gasteiger partial charge in [-0.2, -0.15) is 0 Å². The molecule has 0 aliphatic carbocycles. The minimum atomic E-state index is -1.20. The molecule has 1 rings (SSSR count). The first-order valence-electron chi connectivity index (χ1n) is 3.33. The van der Waals surface area contributed by atoms with Gasteiger partial charge in [0.2, 0.25) is 0 Å². The zero-order chi connectivity index (χ0) is 10.0. The summed E-state index contributed by atoms with van der Waals surface area (Å²) >= 11 is 2.71. The molecular formula is C7H7NO3S2Zn+2. The molecule has 0 bridgehead atoms. The minimum absolute atomic E-state index is 0. The molecule has 0 aliphatic rings. The summed E-state index contributed by atoms with van der Waals surface area (Å²) in [7, 11) is 0. The van der Waals surface area contributed by atoms with Gasteiger partial charge in [0.15, 0.2) is 4.90 Å². The van der Waals surface area contributed by atoms with E-state index in [-0.39, 0.29) is 30.1 Å². The van der Waals surface area contributed by atoms with E-state index < -0.39 is 16.1 Å². The zero-order valence-corrected chi connectivity index (χ0v) is 12.1. The predicted molar refractivity (Wildman–Crippen MR) is 52.7 cm³/mol. The summed E-state index contributed by atoms with van der Waals surface area (Å²) in [5.41, 5.74) is -0.115. The van der Waals surface area contributed by atoms with Crippen LogP contribution in [0.15, 0.2) is 28.0 Å². The standard InChI is InChI=1S/C7H7NO3S2.Zn/c1-13(11)5-2-3-7(12)6(4-5)8(9)10;/h2-4,12H,1H3;/q;+2. The molecule has 7 heteroatoms. The third-order valence-electron chi connectivity index (χ3n) is 1.48. The Morgan fingerprint density at radius 2 is 2.07 bits per heavy atom. The first-order valence-corrected chi connectivity index (χ1v) is 5.33. The number of nitro groups is 1. The van der Waals surface area contributed by atoms with Crippen molar-refractivity contribution in [3.63, 3.8) is 0 Å². The van der Waals surface area contributed by atoms with Crippen LogP contribution in [0, 0.1) is 10.1 Å². The Balaban J connectivity index is 0.00000169. The molecule has 0 aliphatic heterocycles. The van der Waals surface area contributed by atoms with Gasteiger partial charge >= 0.3 is 19.5 Å². The number of rotatable bonds is 2. The van der Waals surface area contributed by atoms with E-state index in [0.29, 0.717) is 4.90 Å². The summed E-state index contributed by atoms with van der Waals surface area (Å²) in [5, 5.41) is 10.5. The smallest absolute Gasteiger partial charge is 0.612 e. The number of benzene rings is 1. The SMILES string of the molecule is C[S+]([O-])c1ccc(S)c([N+](=O)[O-])c1.[Zn+2]. The summed E-state index contributed by atoms with van der Waals surface area (Å²) in [6, 6.07) is 4.31. The fourth-order valence-corrected chi connectivity index (χ4v) is 1.59. The Bertz CT molecular complexity index is 346. The van der Waals surface area contributed by atoms with Crippen molar-refractivity contribution in [2.75, 3.05) is 6.26 Å². The van der Waals surface area contributed by atoms with Gasteiger partial charge in [-0.25, -0.2) is 0 Å². The maximum Gasteiger partial charge on any atom is 2.00 e. The van der Waals surface area contributed by atoms with Crippen LogP contribution in [0.3, 0.4) is 0 Å². The van der Waals surface area contributed by atoms with E-state index >= 15 is 0 Å². The molecule has 0 saturated heterocycles. The molecule has 0 heterocycles. The van der Waals surface area contributed by atoms with Gasteiger partial charge in [0.05, 0.1) is 15.9 Å². The van der Waals surface area contributed by atoms with Crippen molar-refractivity contribution in [3.8, 4) is 0 Å². The summed E-state index contributed by atoms with van der Waals surface area (Å²) in [4.78, 5) is 10.6. The van der Waals surface area contributed by atoms with Gasteiger partial charge in [-0.05, 0) is 23.3 Å². The van der Waals surface area contributed by atoms with E-state index in [9.17, 15) is 14.7 Å². The van der Waals surface area contributed by atoms with Crippen LogP contribution in [0.4, 0.5) is 5.69 Å². The van der Waals surface area contributed by atoms with Gasteiger partial charge < -0.3 is 4.55 Å². The second-order valence-corrected chi connectivity index (χ2v) is 4.22. The molecule has 0 N–H and O–H groups in total. The van der Waals surface area contributed by atoms with Gasteiger partial charge in [0.25, 0.3) is 5.69 Å². The topological polar surface area (TPSA) is 66.2 Å². The van der Waals surface area contributed by atoms with E-state index in [4.69, 9.17) is 0 Å². The normalized spacial score (nSPS) is 11.6. The van der Waals surface area contributed by atoms with Gasteiger partial charge in [0, 0.05) is 0 Å². The fraction of sp³-hybridized carbons (Fsp3) is 0.143. The predicted octanol–water partition coefficient (Wildman–Crippen LogP) is 1.62. The van der Waals surface area contributed by atoms with Crippen molar-refractivity contribution in [3.05, 3.63) is 28.3 Å². The van der Waals surface area contributed by atoms with Crippen molar-refractivity contribution in [1.29, 1.82) is 0 Å². The molecule has 1 aromatic carbocycles. The average molecular weight is 283 g/mol. The third-order valence-corrected chi connectivity index (χ3v) is 2.77. The molecule has 70 valence electrons. The summed E-state index contributed by atoms with van der Waals surface area (Å²) in [5.74, 6) is 0. The van der Waals surface area contributed by atoms with Crippen LogP contribution in [0.1, 0.15) is 0 Å². The van der Waals surface area contributed by atoms with Crippen LogP contribution in [-0.2, 0) is 30.7 Å². The van der Waals surface area contributed by atoms with Crippen molar-refractivity contribution < 1.29 is 29.0 Å². The van der Waals surface area contributed by atoms with Crippen LogP contribution in [0.2, 0.25) is 0 Å². The molecular weight excluding hydrogens is 276 g/mol. The zero-order valence-electron chi connectivity index (χ0n) is 7.47. The van der Waals surface area contributed by atoms with Gasteiger partial charge in [-0.1, -0.05) is 0 Å². The number of thiol groups is 1. The largest absolute Gasteiger partial charge is 2.00 e. The van der Waals surface area contributed by atoms with Gasteiger partial charge in [0.1, 0.15) is 6.26 Å². The summed E-state index contributed by atoms with van der Waals surface area (Å²) in [6.07, 6.45) is 1.47. The van der Waals surface area contributed by atoms with E-state index in [1.165, 1.54) is 18.4 Å². The number of nitrogens with zero attached hydrogens (tertiary/aromatic N) is 1. The third kappa shape index (κ3) is 3.24. The quantitative estimate of drug-likeness (QED) is 0.295. The Morgan fingerprint density at radius 3 is 2.50 bits per heavy atom. The van der Waals surface area contributed by atoms with Crippen molar-refractivity contribution in [2.24, 2.45) is 0 Å². The van der Waals surface area contributed by atoms with Crippen LogP contribution >= 0.6 is 12.6 Å². The van der Waals surface area contributed by atoms with Crippen LogP contribution in [0.25, 0.3) is 0 Å². The molecule has 0 spiro atoms.